The third kappa shape index (κ3) is 4.39. The van der Waals surface area contributed by atoms with Crippen LogP contribution in [0.1, 0.15) is 18.4 Å². The molecule has 1 aromatic carbocycles. The van der Waals surface area contributed by atoms with Crippen LogP contribution < -0.4 is 5.32 Å². The molecule has 0 amide bonds. The van der Waals surface area contributed by atoms with Crippen LogP contribution in [-0.2, 0) is 10.5 Å². The zero-order valence-corrected chi connectivity index (χ0v) is 13.1. The quantitative estimate of drug-likeness (QED) is 0.823. The van der Waals surface area contributed by atoms with Gasteiger partial charge in [-0.05, 0) is 30.5 Å². The van der Waals surface area contributed by atoms with E-state index in [0.29, 0.717) is 5.75 Å². The van der Waals surface area contributed by atoms with Crippen molar-refractivity contribution in [1.29, 1.82) is 0 Å². The highest BCUT2D eigenvalue weighted by molar-refractivity contribution is 8.00. The summed E-state index contributed by atoms with van der Waals surface area (Å²) >= 11 is 3.09. The lowest BCUT2D eigenvalue weighted by molar-refractivity contribution is 0.120. The number of rotatable bonds is 6. The first-order valence-corrected chi connectivity index (χ1v) is 8.66. The maximum Gasteiger partial charge on any atom is 0.206 e. The largest absolute Gasteiger partial charge is 0.376 e. The molecule has 0 radical (unpaired) electrons. The average molecular weight is 325 g/mol. The highest BCUT2D eigenvalue weighted by atomic mass is 32.2. The number of aromatic nitrogens is 2. The zero-order chi connectivity index (χ0) is 14.5. The molecule has 1 unspecified atom stereocenters. The van der Waals surface area contributed by atoms with Gasteiger partial charge in [-0.1, -0.05) is 35.2 Å². The van der Waals surface area contributed by atoms with Crippen LogP contribution in [0.25, 0.3) is 0 Å². The monoisotopic (exact) mass is 325 g/mol. The van der Waals surface area contributed by atoms with Crippen LogP contribution in [0, 0.1) is 5.82 Å². The van der Waals surface area contributed by atoms with Crippen molar-refractivity contribution in [3.8, 4) is 0 Å². The third-order valence-electron chi connectivity index (χ3n) is 3.16. The van der Waals surface area contributed by atoms with Crippen LogP contribution >= 0.6 is 23.1 Å². The van der Waals surface area contributed by atoms with E-state index in [2.05, 4.69) is 15.5 Å². The van der Waals surface area contributed by atoms with Gasteiger partial charge in [0.05, 0.1) is 6.10 Å². The molecule has 0 saturated carbocycles. The van der Waals surface area contributed by atoms with E-state index in [9.17, 15) is 4.39 Å². The molecule has 7 heteroatoms. The highest BCUT2D eigenvalue weighted by Gasteiger charge is 2.15. The number of halogens is 1. The summed E-state index contributed by atoms with van der Waals surface area (Å²) in [5.41, 5.74) is 0.948. The maximum absolute atomic E-state index is 13.1. The molecule has 1 atom stereocenters. The summed E-state index contributed by atoms with van der Waals surface area (Å²) in [5, 5.41) is 12.3. The van der Waals surface area contributed by atoms with Crippen molar-refractivity contribution in [3.05, 3.63) is 35.6 Å². The SMILES string of the molecule is Fc1cccc(CSc2nnc(NCC3CCCO3)s2)c1. The fourth-order valence-electron chi connectivity index (χ4n) is 2.12. The molecule has 4 nitrogen and oxygen atoms in total. The van der Waals surface area contributed by atoms with Crippen LogP contribution in [0.4, 0.5) is 9.52 Å². The van der Waals surface area contributed by atoms with Crippen LogP contribution in [0.15, 0.2) is 28.6 Å². The lowest BCUT2D eigenvalue weighted by atomic mass is 10.2. The minimum atomic E-state index is -0.204. The summed E-state index contributed by atoms with van der Waals surface area (Å²) in [7, 11) is 0. The number of hydrogen-bond acceptors (Lipinski definition) is 6. The van der Waals surface area contributed by atoms with E-state index in [1.54, 1.807) is 23.9 Å². The number of benzene rings is 1. The van der Waals surface area contributed by atoms with Gasteiger partial charge in [0.2, 0.25) is 5.13 Å². The van der Waals surface area contributed by atoms with Crippen LogP contribution in [-0.4, -0.2) is 29.5 Å². The average Bonchev–Trinajstić information content (AvgIpc) is 3.15. The molecule has 0 spiro atoms. The van der Waals surface area contributed by atoms with Crippen molar-refractivity contribution in [2.45, 2.75) is 29.0 Å². The summed E-state index contributed by atoms with van der Waals surface area (Å²) in [4.78, 5) is 0. The first-order chi connectivity index (χ1) is 10.3. The highest BCUT2D eigenvalue weighted by Crippen LogP contribution is 2.28. The molecule has 2 heterocycles. The molecular formula is C14H16FN3OS2. The normalized spacial score (nSPS) is 18.0. The Bertz CT molecular complexity index is 587. The smallest absolute Gasteiger partial charge is 0.206 e. The van der Waals surface area contributed by atoms with Crippen molar-refractivity contribution >= 4 is 28.2 Å². The van der Waals surface area contributed by atoms with Crippen molar-refractivity contribution in [2.75, 3.05) is 18.5 Å². The summed E-state index contributed by atoms with van der Waals surface area (Å²) in [6, 6.07) is 6.63. The van der Waals surface area contributed by atoms with E-state index >= 15 is 0 Å². The van der Waals surface area contributed by atoms with Gasteiger partial charge in [0.15, 0.2) is 4.34 Å². The zero-order valence-electron chi connectivity index (χ0n) is 11.4. The minimum Gasteiger partial charge on any atom is -0.376 e. The fraction of sp³-hybridized carbons (Fsp3) is 0.429. The fourth-order valence-corrected chi connectivity index (χ4v) is 3.82. The number of thioether (sulfide) groups is 1. The predicted octanol–water partition coefficient (Wildman–Crippen LogP) is 3.56. The number of ether oxygens (including phenoxy) is 1. The minimum absolute atomic E-state index is 0.204. The van der Waals surface area contributed by atoms with Crippen molar-refractivity contribution in [1.82, 2.24) is 10.2 Å². The van der Waals surface area contributed by atoms with E-state index in [1.165, 1.54) is 17.4 Å². The summed E-state index contributed by atoms with van der Waals surface area (Å²) in [5.74, 6) is 0.488. The van der Waals surface area contributed by atoms with Gasteiger partial charge in [-0.25, -0.2) is 4.39 Å². The summed E-state index contributed by atoms with van der Waals surface area (Å²) in [6.07, 6.45) is 2.53. The van der Waals surface area contributed by atoms with Crippen LogP contribution in [0.3, 0.4) is 0 Å². The molecule has 21 heavy (non-hydrogen) atoms. The second-order valence-electron chi connectivity index (χ2n) is 4.81. The van der Waals surface area contributed by atoms with Crippen LogP contribution in [0.5, 0.6) is 0 Å². The number of anilines is 1. The Morgan fingerprint density at radius 2 is 2.38 bits per heavy atom. The van der Waals surface area contributed by atoms with Gasteiger partial charge in [-0.3, -0.25) is 0 Å². The lowest BCUT2D eigenvalue weighted by Gasteiger charge is -2.08. The number of nitrogens with zero attached hydrogens (tertiary/aromatic N) is 2. The van der Waals surface area contributed by atoms with E-state index in [0.717, 1.165) is 41.0 Å². The molecule has 112 valence electrons. The van der Waals surface area contributed by atoms with Crippen molar-refractivity contribution < 1.29 is 9.13 Å². The Hall–Kier alpha value is -1.18. The van der Waals surface area contributed by atoms with Gasteiger partial charge < -0.3 is 10.1 Å². The maximum atomic E-state index is 13.1. The number of nitrogens with one attached hydrogen (secondary N) is 1. The molecule has 1 N–H and O–H groups in total. The van der Waals surface area contributed by atoms with Gasteiger partial charge in [0, 0.05) is 18.9 Å². The Kier molecular flexibility index (Phi) is 5.05. The first-order valence-electron chi connectivity index (χ1n) is 6.86. The molecule has 0 bridgehead atoms. The first kappa shape index (κ1) is 14.7. The van der Waals surface area contributed by atoms with Gasteiger partial charge >= 0.3 is 0 Å². The molecule has 0 aliphatic carbocycles. The summed E-state index contributed by atoms with van der Waals surface area (Å²) < 4.78 is 19.5. The standard InChI is InChI=1S/C14H16FN3OS2/c15-11-4-1-3-10(7-11)9-20-14-18-17-13(21-14)16-8-12-5-2-6-19-12/h1,3-4,7,12H,2,5-6,8-9H2,(H,16,17). The van der Waals surface area contributed by atoms with Crippen molar-refractivity contribution in [2.24, 2.45) is 0 Å². The summed E-state index contributed by atoms with van der Waals surface area (Å²) in [6.45, 7) is 1.64. The third-order valence-corrected chi connectivity index (χ3v) is 5.25. The molecule has 1 aliphatic heterocycles. The van der Waals surface area contributed by atoms with E-state index in [-0.39, 0.29) is 11.9 Å². The van der Waals surface area contributed by atoms with Gasteiger partial charge in [0.1, 0.15) is 5.82 Å². The second-order valence-corrected chi connectivity index (χ2v) is 7.01. The van der Waals surface area contributed by atoms with E-state index in [1.807, 2.05) is 6.07 Å². The van der Waals surface area contributed by atoms with Crippen molar-refractivity contribution in [3.63, 3.8) is 0 Å². The van der Waals surface area contributed by atoms with Gasteiger partial charge in [-0.15, -0.1) is 10.2 Å². The molecule has 1 aliphatic rings. The lowest BCUT2D eigenvalue weighted by Crippen LogP contribution is -2.18. The number of hydrogen-bond donors (Lipinski definition) is 1. The van der Waals surface area contributed by atoms with E-state index < -0.39 is 0 Å². The Balaban J connectivity index is 1.48. The predicted molar refractivity (Wildman–Crippen MR) is 83.3 cm³/mol. The van der Waals surface area contributed by atoms with E-state index in [4.69, 9.17) is 4.74 Å². The Morgan fingerprint density at radius 1 is 1.43 bits per heavy atom. The Labute approximate surface area is 131 Å². The van der Waals surface area contributed by atoms with Gasteiger partial charge in [0.25, 0.3) is 0 Å². The van der Waals surface area contributed by atoms with Crippen LogP contribution in [0.2, 0.25) is 0 Å². The second kappa shape index (κ2) is 7.20. The molecule has 1 fully saturated rings. The molecule has 1 saturated heterocycles. The van der Waals surface area contributed by atoms with Gasteiger partial charge in [-0.2, -0.15) is 0 Å². The molecular weight excluding hydrogens is 309 g/mol. The molecule has 3 rings (SSSR count). The molecule has 1 aromatic heterocycles. The molecule has 2 aromatic rings. The topological polar surface area (TPSA) is 47.0 Å². The Morgan fingerprint density at radius 3 is 3.19 bits per heavy atom.